The van der Waals surface area contributed by atoms with E-state index in [9.17, 15) is 4.79 Å². The molecule has 0 fully saturated rings. The van der Waals surface area contributed by atoms with Gasteiger partial charge >= 0.3 is 5.97 Å². The lowest BCUT2D eigenvalue weighted by Gasteiger charge is -1.99. The highest BCUT2D eigenvalue weighted by atomic mass is 79.9. The van der Waals surface area contributed by atoms with E-state index in [1.54, 1.807) is 0 Å². The van der Waals surface area contributed by atoms with Crippen molar-refractivity contribution in [1.29, 1.82) is 0 Å². The number of aliphatic carboxylic acids is 1. The number of carboxylic acid groups (broad SMARTS) is 1. The SMILES string of the molecule is O=C(O)C1CSC(c2cccc(Br)c2)=N1. The summed E-state index contributed by atoms with van der Waals surface area (Å²) in [7, 11) is 0. The molecule has 1 heterocycles. The Bertz CT molecular complexity index is 433. The Morgan fingerprint density at radius 3 is 3.00 bits per heavy atom. The van der Waals surface area contributed by atoms with E-state index >= 15 is 0 Å². The molecule has 0 aromatic heterocycles. The van der Waals surface area contributed by atoms with E-state index in [0.717, 1.165) is 15.1 Å². The van der Waals surface area contributed by atoms with Crippen molar-refractivity contribution in [3.05, 3.63) is 34.3 Å². The second-order valence-corrected chi connectivity index (χ2v) is 5.03. The van der Waals surface area contributed by atoms with Gasteiger partial charge in [0.05, 0.1) is 5.04 Å². The normalized spacial score (nSPS) is 20.1. The lowest BCUT2D eigenvalue weighted by molar-refractivity contribution is -0.137. The van der Waals surface area contributed by atoms with Gasteiger partial charge in [0.1, 0.15) is 0 Å². The van der Waals surface area contributed by atoms with Crippen LogP contribution in [0.25, 0.3) is 0 Å². The summed E-state index contributed by atoms with van der Waals surface area (Å²) in [6.45, 7) is 0. The van der Waals surface area contributed by atoms with Crippen molar-refractivity contribution in [2.24, 2.45) is 4.99 Å². The maximum atomic E-state index is 10.7. The van der Waals surface area contributed by atoms with E-state index in [1.165, 1.54) is 11.8 Å². The van der Waals surface area contributed by atoms with Crippen LogP contribution in [0.15, 0.2) is 33.7 Å². The predicted octanol–water partition coefficient (Wildman–Crippen LogP) is 2.40. The van der Waals surface area contributed by atoms with Gasteiger partial charge in [0.25, 0.3) is 0 Å². The second kappa shape index (κ2) is 4.37. The molecule has 1 N–H and O–H groups in total. The molecule has 1 aromatic carbocycles. The average molecular weight is 286 g/mol. The highest BCUT2D eigenvalue weighted by Gasteiger charge is 2.24. The number of carbonyl (C=O) groups is 1. The average Bonchev–Trinajstić information content (AvgIpc) is 2.66. The molecule has 1 aliphatic heterocycles. The molecule has 0 aliphatic carbocycles. The molecule has 0 amide bonds. The molecular weight excluding hydrogens is 278 g/mol. The Kier molecular flexibility index (Phi) is 3.11. The number of rotatable bonds is 2. The molecule has 1 aliphatic rings. The van der Waals surface area contributed by atoms with Gasteiger partial charge in [0.15, 0.2) is 6.04 Å². The summed E-state index contributed by atoms with van der Waals surface area (Å²) in [6.07, 6.45) is 0. The van der Waals surface area contributed by atoms with Gasteiger partial charge in [0, 0.05) is 15.8 Å². The standard InChI is InChI=1S/C10H8BrNO2S/c11-7-3-1-2-6(4-7)9-12-8(5-15-9)10(13)14/h1-4,8H,5H2,(H,13,14). The quantitative estimate of drug-likeness (QED) is 0.908. The first-order chi connectivity index (χ1) is 7.16. The van der Waals surface area contributed by atoms with Crippen LogP contribution in [0.5, 0.6) is 0 Å². The molecule has 3 nitrogen and oxygen atoms in total. The first-order valence-electron chi connectivity index (χ1n) is 4.36. The van der Waals surface area contributed by atoms with E-state index in [0.29, 0.717) is 5.75 Å². The largest absolute Gasteiger partial charge is 0.480 e. The third-order valence-corrected chi connectivity index (χ3v) is 3.60. The summed E-state index contributed by atoms with van der Waals surface area (Å²) < 4.78 is 0.974. The van der Waals surface area contributed by atoms with Crippen LogP contribution in [0.1, 0.15) is 5.56 Å². The number of thioether (sulfide) groups is 1. The minimum Gasteiger partial charge on any atom is -0.480 e. The second-order valence-electron chi connectivity index (χ2n) is 3.11. The van der Waals surface area contributed by atoms with E-state index in [-0.39, 0.29) is 0 Å². The minimum atomic E-state index is -0.854. The number of nitrogens with zero attached hydrogens (tertiary/aromatic N) is 1. The van der Waals surface area contributed by atoms with Crippen LogP contribution in [0.2, 0.25) is 0 Å². The van der Waals surface area contributed by atoms with Gasteiger partial charge < -0.3 is 5.11 Å². The monoisotopic (exact) mass is 285 g/mol. The summed E-state index contributed by atoms with van der Waals surface area (Å²) >= 11 is 4.86. The van der Waals surface area contributed by atoms with Crippen LogP contribution in [0.3, 0.4) is 0 Å². The molecule has 0 radical (unpaired) electrons. The fourth-order valence-electron chi connectivity index (χ4n) is 1.28. The van der Waals surface area contributed by atoms with Crippen LogP contribution < -0.4 is 0 Å². The fourth-order valence-corrected chi connectivity index (χ4v) is 2.71. The maximum Gasteiger partial charge on any atom is 0.329 e. The van der Waals surface area contributed by atoms with Crippen molar-refractivity contribution < 1.29 is 9.90 Å². The molecule has 0 bridgehead atoms. The molecular formula is C10H8BrNO2S. The van der Waals surface area contributed by atoms with Gasteiger partial charge in [-0.1, -0.05) is 28.1 Å². The number of aliphatic imine (C=N–C) groups is 1. The van der Waals surface area contributed by atoms with Gasteiger partial charge in [-0.2, -0.15) is 0 Å². The zero-order valence-electron chi connectivity index (χ0n) is 7.68. The van der Waals surface area contributed by atoms with E-state index in [2.05, 4.69) is 20.9 Å². The molecule has 0 saturated carbocycles. The first-order valence-corrected chi connectivity index (χ1v) is 6.14. The third kappa shape index (κ3) is 2.41. The smallest absolute Gasteiger partial charge is 0.329 e. The Balaban J connectivity index is 2.26. The molecule has 0 saturated heterocycles. The number of hydrogen-bond acceptors (Lipinski definition) is 3. The Labute approximate surface area is 99.7 Å². The van der Waals surface area contributed by atoms with Gasteiger partial charge in [-0.05, 0) is 12.1 Å². The van der Waals surface area contributed by atoms with E-state index in [4.69, 9.17) is 5.11 Å². The van der Waals surface area contributed by atoms with Crippen LogP contribution in [0.4, 0.5) is 0 Å². The van der Waals surface area contributed by atoms with Gasteiger partial charge in [-0.25, -0.2) is 4.79 Å². The van der Waals surface area contributed by atoms with Crippen molar-refractivity contribution in [1.82, 2.24) is 0 Å². The number of carboxylic acids is 1. The first kappa shape index (κ1) is 10.7. The van der Waals surface area contributed by atoms with E-state index in [1.807, 2.05) is 24.3 Å². The molecule has 1 atom stereocenters. The van der Waals surface area contributed by atoms with Crippen LogP contribution in [-0.2, 0) is 4.79 Å². The number of halogens is 1. The molecule has 1 aromatic rings. The zero-order chi connectivity index (χ0) is 10.8. The molecule has 15 heavy (non-hydrogen) atoms. The molecule has 78 valence electrons. The van der Waals surface area contributed by atoms with Crippen LogP contribution >= 0.6 is 27.7 Å². The van der Waals surface area contributed by atoms with Crippen LogP contribution in [0, 0.1) is 0 Å². The highest BCUT2D eigenvalue weighted by molar-refractivity contribution is 9.10. The summed E-state index contributed by atoms with van der Waals surface area (Å²) in [5.41, 5.74) is 0.970. The minimum absolute atomic E-state index is 0.525. The Morgan fingerprint density at radius 2 is 2.40 bits per heavy atom. The van der Waals surface area contributed by atoms with Crippen molar-refractivity contribution >= 4 is 38.7 Å². The number of benzene rings is 1. The zero-order valence-corrected chi connectivity index (χ0v) is 10.1. The molecule has 0 spiro atoms. The maximum absolute atomic E-state index is 10.7. The van der Waals surface area contributed by atoms with Crippen molar-refractivity contribution in [3.8, 4) is 0 Å². The lowest BCUT2D eigenvalue weighted by atomic mass is 10.2. The summed E-state index contributed by atoms with van der Waals surface area (Å²) in [4.78, 5) is 14.9. The van der Waals surface area contributed by atoms with Crippen molar-refractivity contribution in [3.63, 3.8) is 0 Å². The Morgan fingerprint density at radius 1 is 1.60 bits per heavy atom. The van der Waals surface area contributed by atoms with Crippen LogP contribution in [-0.4, -0.2) is 27.9 Å². The number of hydrogen-bond donors (Lipinski definition) is 1. The molecule has 2 rings (SSSR count). The molecule has 5 heteroatoms. The van der Waals surface area contributed by atoms with E-state index < -0.39 is 12.0 Å². The predicted molar refractivity (Wildman–Crippen MR) is 64.6 cm³/mol. The highest BCUT2D eigenvalue weighted by Crippen LogP contribution is 2.25. The summed E-state index contributed by atoms with van der Waals surface area (Å²) in [6, 6.07) is 7.12. The topological polar surface area (TPSA) is 49.7 Å². The van der Waals surface area contributed by atoms with Gasteiger partial charge in [0.2, 0.25) is 0 Å². The fraction of sp³-hybridized carbons (Fsp3) is 0.200. The van der Waals surface area contributed by atoms with Gasteiger partial charge in [-0.3, -0.25) is 4.99 Å². The van der Waals surface area contributed by atoms with Crippen molar-refractivity contribution in [2.45, 2.75) is 6.04 Å². The van der Waals surface area contributed by atoms with Gasteiger partial charge in [-0.15, -0.1) is 11.8 Å². The molecule has 1 unspecified atom stereocenters. The third-order valence-electron chi connectivity index (χ3n) is 2.01. The lowest BCUT2D eigenvalue weighted by Crippen LogP contribution is -2.17. The van der Waals surface area contributed by atoms with Crippen molar-refractivity contribution in [2.75, 3.05) is 5.75 Å². The summed E-state index contributed by atoms with van der Waals surface area (Å²) in [5.74, 6) is -0.329. The summed E-state index contributed by atoms with van der Waals surface area (Å²) in [5, 5.41) is 9.61. The Hall–Kier alpha value is -0.810.